The van der Waals surface area contributed by atoms with Crippen LogP contribution in [0.5, 0.6) is 0 Å². The van der Waals surface area contributed by atoms with Gasteiger partial charge >= 0.3 is 6.09 Å². The third-order valence-corrected chi connectivity index (χ3v) is 4.76. The predicted octanol–water partition coefficient (Wildman–Crippen LogP) is 4.09. The summed E-state index contributed by atoms with van der Waals surface area (Å²) in [6, 6.07) is 8.05. The van der Waals surface area contributed by atoms with Crippen LogP contribution in [0.1, 0.15) is 24.5 Å². The monoisotopic (exact) mass is 362 g/mol. The van der Waals surface area contributed by atoms with Crippen LogP contribution in [0.15, 0.2) is 53.7 Å². The van der Waals surface area contributed by atoms with Crippen molar-refractivity contribution in [3.8, 4) is 0 Å². The van der Waals surface area contributed by atoms with Gasteiger partial charge in [0.15, 0.2) is 0 Å². The quantitative estimate of drug-likeness (QED) is 0.451. The van der Waals surface area contributed by atoms with Crippen LogP contribution in [0.25, 0.3) is 0 Å². The van der Waals surface area contributed by atoms with Gasteiger partial charge in [-0.05, 0) is 25.8 Å². The number of primary amides is 1. The summed E-state index contributed by atoms with van der Waals surface area (Å²) in [4.78, 5) is 15.4. The van der Waals surface area contributed by atoms with E-state index in [4.69, 9.17) is 26.9 Å². The third-order valence-electron chi connectivity index (χ3n) is 4.08. The maximum atomic E-state index is 10.7. The second kappa shape index (κ2) is 8.72. The largest absolute Gasteiger partial charge is 0.450 e. The van der Waals surface area contributed by atoms with Crippen LogP contribution >= 0.6 is 11.6 Å². The van der Waals surface area contributed by atoms with Crippen molar-refractivity contribution in [2.24, 2.45) is 16.8 Å². The summed E-state index contributed by atoms with van der Waals surface area (Å²) < 4.78 is 4.82. The van der Waals surface area contributed by atoms with Gasteiger partial charge in [0.1, 0.15) is 11.5 Å². The van der Waals surface area contributed by atoms with Gasteiger partial charge in [0.2, 0.25) is 0 Å². The summed E-state index contributed by atoms with van der Waals surface area (Å²) in [6.45, 7) is 4.43. The molecule has 0 saturated carbocycles. The normalized spacial score (nSPS) is 22.7. The number of carbonyl (C=O) groups is 1. The fraction of sp³-hybridized carbons (Fsp3) is 0.368. The molecule has 6 heteroatoms. The first-order valence-corrected chi connectivity index (χ1v) is 8.49. The molecule has 1 amide bonds. The molecule has 0 bridgehead atoms. The van der Waals surface area contributed by atoms with Gasteiger partial charge in [-0.3, -0.25) is 0 Å². The van der Waals surface area contributed by atoms with Crippen LogP contribution in [0, 0.1) is 12.8 Å². The first-order valence-electron chi connectivity index (χ1n) is 8.11. The molecule has 0 aromatic heterocycles. The molecule has 1 aromatic rings. The minimum absolute atomic E-state index is 0.0789. The summed E-state index contributed by atoms with van der Waals surface area (Å²) in [5, 5.41) is 4.21. The van der Waals surface area contributed by atoms with E-state index in [0.717, 1.165) is 5.56 Å². The Morgan fingerprint density at radius 1 is 1.40 bits per heavy atom. The Hall–Kier alpha value is -2.27. The molecule has 0 fully saturated rings. The molecule has 1 aromatic carbocycles. The summed E-state index contributed by atoms with van der Waals surface area (Å²) >= 11 is 6.79. The van der Waals surface area contributed by atoms with E-state index < -0.39 is 11.0 Å². The highest BCUT2D eigenvalue weighted by Crippen LogP contribution is 2.35. The number of halogens is 1. The van der Waals surface area contributed by atoms with Gasteiger partial charge in [0.25, 0.3) is 0 Å². The lowest BCUT2D eigenvalue weighted by molar-refractivity contribution is 0.128. The molecule has 0 spiro atoms. The summed E-state index contributed by atoms with van der Waals surface area (Å²) in [5.41, 5.74) is 7.86. The number of ether oxygens (including phenoxy) is 1. The molecule has 25 heavy (non-hydrogen) atoms. The number of oxime groups is 1. The molecule has 2 N–H and O–H groups in total. The lowest BCUT2D eigenvalue weighted by Crippen LogP contribution is -2.38. The maximum absolute atomic E-state index is 10.7. The van der Waals surface area contributed by atoms with Crippen molar-refractivity contribution in [1.82, 2.24) is 0 Å². The minimum atomic E-state index is -0.817. The van der Waals surface area contributed by atoms with Crippen LogP contribution in [0.4, 0.5) is 4.79 Å². The van der Waals surface area contributed by atoms with Gasteiger partial charge < -0.3 is 15.3 Å². The van der Waals surface area contributed by atoms with Gasteiger partial charge in [-0.25, -0.2) is 4.79 Å². The molecule has 0 heterocycles. The minimum Gasteiger partial charge on any atom is -0.450 e. The molecule has 5 nitrogen and oxygen atoms in total. The van der Waals surface area contributed by atoms with E-state index in [0.29, 0.717) is 18.7 Å². The zero-order valence-electron chi connectivity index (χ0n) is 14.4. The van der Waals surface area contributed by atoms with Gasteiger partial charge in [0, 0.05) is 5.92 Å². The number of nitrogens with two attached hydrogens (primary N) is 1. The van der Waals surface area contributed by atoms with Crippen molar-refractivity contribution in [3.63, 3.8) is 0 Å². The van der Waals surface area contributed by atoms with Crippen molar-refractivity contribution in [2.45, 2.75) is 31.7 Å². The fourth-order valence-electron chi connectivity index (χ4n) is 2.71. The Labute approximate surface area is 153 Å². The van der Waals surface area contributed by atoms with E-state index in [1.807, 2.05) is 56.4 Å². The first kappa shape index (κ1) is 19.1. The number of amides is 1. The summed E-state index contributed by atoms with van der Waals surface area (Å²) in [6.07, 6.45) is 7.38. The van der Waals surface area contributed by atoms with E-state index in [1.165, 1.54) is 5.56 Å². The number of benzene rings is 1. The van der Waals surface area contributed by atoms with Crippen molar-refractivity contribution in [1.29, 1.82) is 0 Å². The first-order chi connectivity index (χ1) is 11.9. The molecule has 2 rings (SSSR count). The van der Waals surface area contributed by atoms with Crippen molar-refractivity contribution in [2.75, 3.05) is 6.61 Å². The molecule has 0 radical (unpaired) electrons. The maximum Gasteiger partial charge on any atom is 0.404 e. The van der Waals surface area contributed by atoms with Crippen LogP contribution in [-0.4, -0.2) is 23.3 Å². The summed E-state index contributed by atoms with van der Waals surface area (Å²) in [5.74, 6) is -0.0789. The van der Waals surface area contributed by atoms with Crippen molar-refractivity contribution < 1.29 is 14.4 Å². The van der Waals surface area contributed by atoms with E-state index >= 15 is 0 Å². The topological polar surface area (TPSA) is 73.9 Å². The average Bonchev–Trinajstić information content (AvgIpc) is 2.56. The van der Waals surface area contributed by atoms with E-state index in [-0.39, 0.29) is 12.5 Å². The van der Waals surface area contributed by atoms with Gasteiger partial charge in [-0.2, -0.15) is 0 Å². The fourth-order valence-corrected chi connectivity index (χ4v) is 3.00. The number of nitrogens with zero attached hydrogens (tertiary/aromatic N) is 1. The standard InChI is InChI=1S/C19H23ClN2O3/c1-14-6-5-7-16(12-14)13-25-22-15(2)19(20)10-4-3-8-17(19)9-11-24-18(21)23/h3-8,10,12,17H,9,11,13H2,1-2H3,(H2,21,23). The van der Waals surface area contributed by atoms with E-state index in [1.54, 1.807) is 0 Å². The zero-order valence-corrected chi connectivity index (χ0v) is 15.2. The second-order valence-electron chi connectivity index (χ2n) is 6.01. The van der Waals surface area contributed by atoms with Crippen LogP contribution < -0.4 is 5.73 Å². The Kier molecular flexibility index (Phi) is 6.65. The zero-order chi connectivity index (χ0) is 18.3. The highest BCUT2D eigenvalue weighted by Gasteiger charge is 2.37. The Morgan fingerprint density at radius 3 is 2.92 bits per heavy atom. The number of hydrogen-bond acceptors (Lipinski definition) is 4. The van der Waals surface area contributed by atoms with Crippen LogP contribution in [0.2, 0.25) is 0 Å². The van der Waals surface area contributed by atoms with E-state index in [9.17, 15) is 4.79 Å². The highest BCUT2D eigenvalue weighted by molar-refractivity contribution is 6.37. The number of carbonyl (C=O) groups excluding carboxylic acids is 1. The molecule has 0 aliphatic heterocycles. The van der Waals surface area contributed by atoms with Crippen molar-refractivity contribution in [3.05, 3.63) is 59.7 Å². The second-order valence-corrected chi connectivity index (χ2v) is 6.64. The van der Waals surface area contributed by atoms with Gasteiger partial charge in [-0.15, -0.1) is 11.6 Å². The number of alkyl halides is 1. The average molecular weight is 363 g/mol. The van der Waals surface area contributed by atoms with Gasteiger partial charge in [0.05, 0.1) is 12.3 Å². The lowest BCUT2D eigenvalue weighted by Gasteiger charge is -2.32. The lowest BCUT2D eigenvalue weighted by atomic mass is 9.82. The number of aryl methyl sites for hydroxylation is 1. The van der Waals surface area contributed by atoms with Gasteiger partial charge in [-0.1, -0.05) is 59.3 Å². The molecular formula is C19H23ClN2O3. The van der Waals surface area contributed by atoms with Crippen LogP contribution in [0.3, 0.4) is 0 Å². The summed E-state index contributed by atoms with van der Waals surface area (Å²) in [7, 11) is 0. The third kappa shape index (κ3) is 5.36. The Bertz CT molecular complexity index is 700. The Balaban J connectivity index is 2.00. The smallest absolute Gasteiger partial charge is 0.404 e. The predicted molar refractivity (Wildman–Crippen MR) is 99.6 cm³/mol. The highest BCUT2D eigenvalue weighted by atomic mass is 35.5. The molecule has 1 aliphatic rings. The number of rotatable bonds is 7. The Morgan fingerprint density at radius 2 is 2.20 bits per heavy atom. The van der Waals surface area contributed by atoms with E-state index in [2.05, 4.69) is 11.2 Å². The SMILES string of the molecule is CC(=NOCc1cccc(C)c1)C1(Cl)C=CC=CC1CCOC(N)=O. The molecular weight excluding hydrogens is 340 g/mol. The molecule has 134 valence electrons. The molecule has 1 aliphatic carbocycles. The van der Waals surface area contributed by atoms with Crippen LogP contribution in [-0.2, 0) is 16.2 Å². The molecule has 2 unspecified atom stereocenters. The number of allylic oxidation sites excluding steroid dienone is 4. The molecule has 2 atom stereocenters. The van der Waals surface area contributed by atoms with Crippen molar-refractivity contribution >= 4 is 23.4 Å². The number of hydrogen-bond donors (Lipinski definition) is 1. The molecule has 0 saturated heterocycles.